The molecular formula is C16H23BrN2O. The molecular weight excluding hydrogens is 316 g/mol. The maximum atomic E-state index is 12.4. The summed E-state index contributed by atoms with van der Waals surface area (Å²) in [6.07, 6.45) is 3.16. The summed E-state index contributed by atoms with van der Waals surface area (Å²) in [6.45, 7) is 5.01. The fourth-order valence-corrected chi connectivity index (χ4v) is 3.22. The van der Waals surface area contributed by atoms with E-state index in [1.807, 2.05) is 17.0 Å². The van der Waals surface area contributed by atoms with Gasteiger partial charge in [-0.2, -0.15) is 0 Å². The van der Waals surface area contributed by atoms with Crippen molar-refractivity contribution in [3.63, 3.8) is 0 Å². The van der Waals surface area contributed by atoms with Gasteiger partial charge in [0.2, 0.25) is 5.91 Å². The van der Waals surface area contributed by atoms with Crippen LogP contribution in [0.2, 0.25) is 0 Å². The zero-order chi connectivity index (χ0) is 14.8. The van der Waals surface area contributed by atoms with Gasteiger partial charge in [-0.25, -0.2) is 0 Å². The molecule has 1 atom stereocenters. The maximum absolute atomic E-state index is 12.4. The highest BCUT2D eigenvalue weighted by molar-refractivity contribution is 9.10. The van der Waals surface area contributed by atoms with Gasteiger partial charge in [-0.15, -0.1) is 0 Å². The lowest BCUT2D eigenvalue weighted by Crippen LogP contribution is -2.55. The summed E-state index contributed by atoms with van der Waals surface area (Å²) >= 11 is 3.42. The van der Waals surface area contributed by atoms with Crippen LogP contribution in [0.5, 0.6) is 0 Å². The number of hydrogen-bond acceptors (Lipinski definition) is 2. The molecule has 110 valence electrons. The van der Waals surface area contributed by atoms with Crippen molar-refractivity contribution in [2.45, 2.75) is 51.1 Å². The van der Waals surface area contributed by atoms with E-state index in [1.165, 1.54) is 5.56 Å². The minimum Gasteiger partial charge on any atom is -0.337 e. The Morgan fingerprint density at radius 2 is 2.05 bits per heavy atom. The third kappa shape index (κ3) is 3.83. The number of halogens is 1. The lowest BCUT2D eigenvalue weighted by atomic mass is 9.87. The topological polar surface area (TPSA) is 46.3 Å². The fraction of sp³-hybridized carbons (Fsp3) is 0.562. The number of piperidine rings is 1. The Bertz CT molecular complexity index is 470. The van der Waals surface area contributed by atoms with Gasteiger partial charge in [0, 0.05) is 29.0 Å². The predicted octanol–water partition coefficient (Wildman–Crippen LogP) is 3.11. The van der Waals surface area contributed by atoms with Crippen molar-refractivity contribution >= 4 is 21.8 Å². The van der Waals surface area contributed by atoms with Crippen molar-refractivity contribution in [1.29, 1.82) is 0 Å². The van der Waals surface area contributed by atoms with E-state index in [2.05, 4.69) is 41.9 Å². The Kier molecular flexibility index (Phi) is 4.86. The molecule has 1 aromatic rings. The molecule has 1 saturated heterocycles. The molecule has 20 heavy (non-hydrogen) atoms. The molecule has 1 unspecified atom stereocenters. The lowest BCUT2D eigenvalue weighted by Gasteiger charge is -2.45. The van der Waals surface area contributed by atoms with Crippen LogP contribution >= 0.6 is 15.9 Å². The zero-order valence-electron chi connectivity index (χ0n) is 12.2. The average molecular weight is 339 g/mol. The molecule has 1 aliphatic rings. The molecule has 0 spiro atoms. The van der Waals surface area contributed by atoms with E-state index in [0.717, 1.165) is 30.3 Å². The Morgan fingerprint density at radius 3 is 2.65 bits per heavy atom. The normalized spacial score (nSPS) is 21.8. The number of likely N-dealkylation sites (tertiary alicyclic amines) is 1. The second kappa shape index (κ2) is 6.27. The minimum absolute atomic E-state index is 0.117. The summed E-state index contributed by atoms with van der Waals surface area (Å²) in [5.74, 6) is 0.241. The summed E-state index contributed by atoms with van der Waals surface area (Å²) in [7, 11) is 0. The fourth-order valence-electron chi connectivity index (χ4n) is 2.95. The Labute approximate surface area is 129 Å². The molecule has 0 aliphatic carbocycles. The highest BCUT2D eigenvalue weighted by Gasteiger charge is 2.35. The number of amides is 1. The van der Waals surface area contributed by atoms with E-state index in [9.17, 15) is 4.79 Å². The second-order valence-electron chi connectivity index (χ2n) is 6.24. The van der Waals surface area contributed by atoms with Gasteiger partial charge < -0.3 is 10.6 Å². The van der Waals surface area contributed by atoms with Crippen LogP contribution in [0.3, 0.4) is 0 Å². The number of nitrogens with two attached hydrogens (primary N) is 1. The first-order chi connectivity index (χ1) is 9.38. The van der Waals surface area contributed by atoms with Crippen molar-refractivity contribution < 1.29 is 4.79 Å². The molecule has 3 nitrogen and oxygen atoms in total. The number of hydrogen-bond donors (Lipinski definition) is 1. The van der Waals surface area contributed by atoms with E-state index in [4.69, 9.17) is 5.73 Å². The zero-order valence-corrected chi connectivity index (χ0v) is 13.8. The highest BCUT2D eigenvalue weighted by atomic mass is 79.9. The molecule has 1 aliphatic heterocycles. The van der Waals surface area contributed by atoms with E-state index >= 15 is 0 Å². The van der Waals surface area contributed by atoms with Crippen LogP contribution in [-0.4, -0.2) is 28.9 Å². The van der Waals surface area contributed by atoms with Crippen LogP contribution < -0.4 is 5.73 Å². The van der Waals surface area contributed by atoms with Gasteiger partial charge in [0.1, 0.15) is 0 Å². The Hall–Kier alpha value is -0.870. The minimum atomic E-state index is -0.117. The molecule has 0 aromatic heterocycles. The molecule has 1 heterocycles. The van der Waals surface area contributed by atoms with Crippen molar-refractivity contribution in [2.75, 3.05) is 6.54 Å². The van der Waals surface area contributed by atoms with Crippen LogP contribution in [0.25, 0.3) is 0 Å². The predicted molar refractivity (Wildman–Crippen MR) is 85.5 cm³/mol. The van der Waals surface area contributed by atoms with Gasteiger partial charge in [0.15, 0.2) is 0 Å². The van der Waals surface area contributed by atoms with Crippen LogP contribution in [0.1, 0.15) is 38.7 Å². The van der Waals surface area contributed by atoms with E-state index in [1.54, 1.807) is 0 Å². The summed E-state index contributed by atoms with van der Waals surface area (Å²) in [5, 5.41) is 0. The molecule has 1 aromatic carbocycles. The SMILES string of the molecule is CC1(C)CC(N)CCN1C(=O)CCc1ccc(Br)cc1. The molecule has 2 N–H and O–H groups in total. The third-order valence-electron chi connectivity index (χ3n) is 4.06. The number of carbonyl (C=O) groups excluding carboxylic acids is 1. The molecule has 0 bridgehead atoms. The molecule has 2 rings (SSSR count). The van der Waals surface area contributed by atoms with Crippen LogP contribution in [0, 0.1) is 0 Å². The van der Waals surface area contributed by atoms with Crippen molar-refractivity contribution in [3.8, 4) is 0 Å². The first kappa shape index (κ1) is 15.5. The average Bonchev–Trinajstić information content (AvgIpc) is 2.36. The standard InChI is InChI=1S/C16H23BrN2O/c1-16(2)11-14(18)9-10-19(16)15(20)8-5-12-3-6-13(17)7-4-12/h3-4,6-7,14H,5,8-11,18H2,1-2H3. The van der Waals surface area contributed by atoms with Crippen molar-refractivity contribution in [3.05, 3.63) is 34.3 Å². The monoisotopic (exact) mass is 338 g/mol. The third-order valence-corrected chi connectivity index (χ3v) is 4.59. The van der Waals surface area contributed by atoms with Crippen molar-refractivity contribution in [1.82, 2.24) is 4.90 Å². The van der Waals surface area contributed by atoms with E-state index in [0.29, 0.717) is 6.42 Å². The number of carbonyl (C=O) groups is 1. The Morgan fingerprint density at radius 1 is 1.40 bits per heavy atom. The number of benzene rings is 1. The molecule has 1 amide bonds. The Balaban J connectivity index is 1.93. The van der Waals surface area contributed by atoms with Gasteiger partial charge in [-0.3, -0.25) is 4.79 Å². The van der Waals surface area contributed by atoms with Crippen molar-refractivity contribution in [2.24, 2.45) is 5.73 Å². The summed E-state index contributed by atoms with van der Waals surface area (Å²) in [6, 6.07) is 8.39. The van der Waals surface area contributed by atoms with E-state index < -0.39 is 0 Å². The summed E-state index contributed by atoms with van der Waals surface area (Å²) in [5.41, 5.74) is 7.09. The van der Waals surface area contributed by atoms with Crippen LogP contribution in [0.4, 0.5) is 0 Å². The molecule has 1 fully saturated rings. The first-order valence-corrected chi connectivity index (χ1v) is 7.98. The number of nitrogens with zero attached hydrogens (tertiary/aromatic N) is 1. The number of rotatable bonds is 3. The first-order valence-electron chi connectivity index (χ1n) is 7.19. The molecule has 0 saturated carbocycles. The maximum Gasteiger partial charge on any atom is 0.223 e. The summed E-state index contributed by atoms with van der Waals surface area (Å²) in [4.78, 5) is 14.4. The quantitative estimate of drug-likeness (QED) is 0.920. The molecule has 4 heteroatoms. The summed E-state index contributed by atoms with van der Waals surface area (Å²) < 4.78 is 1.07. The lowest BCUT2D eigenvalue weighted by molar-refractivity contribution is -0.138. The number of aryl methyl sites for hydroxylation is 1. The van der Waals surface area contributed by atoms with Crippen LogP contribution in [0.15, 0.2) is 28.7 Å². The smallest absolute Gasteiger partial charge is 0.223 e. The molecule has 0 radical (unpaired) electrons. The van der Waals surface area contributed by atoms with E-state index in [-0.39, 0.29) is 17.5 Å². The van der Waals surface area contributed by atoms with Gasteiger partial charge in [-0.1, -0.05) is 28.1 Å². The van der Waals surface area contributed by atoms with Crippen LogP contribution in [-0.2, 0) is 11.2 Å². The van der Waals surface area contributed by atoms with Gasteiger partial charge in [-0.05, 0) is 50.8 Å². The largest absolute Gasteiger partial charge is 0.337 e. The van der Waals surface area contributed by atoms with Gasteiger partial charge in [0.05, 0.1) is 0 Å². The second-order valence-corrected chi connectivity index (χ2v) is 7.15. The highest BCUT2D eigenvalue weighted by Crippen LogP contribution is 2.27. The van der Waals surface area contributed by atoms with Gasteiger partial charge >= 0.3 is 0 Å². The van der Waals surface area contributed by atoms with Gasteiger partial charge in [0.25, 0.3) is 0 Å².